The van der Waals surface area contributed by atoms with Gasteiger partial charge in [0.25, 0.3) is 0 Å². The van der Waals surface area contributed by atoms with Crippen LogP contribution >= 0.6 is 23.1 Å². The molecule has 0 radical (unpaired) electrons. The van der Waals surface area contributed by atoms with E-state index in [0.717, 1.165) is 22.6 Å². The summed E-state index contributed by atoms with van der Waals surface area (Å²) in [5, 5.41) is 16.7. The molecule has 0 saturated heterocycles. The fourth-order valence-corrected chi connectivity index (χ4v) is 3.59. The number of thioether (sulfide) groups is 1. The van der Waals surface area contributed by atoms with Crippen molar-refractivity contribution in [3.05, 3.63) is 46.7 Å². The first-order valence-electron chi connectivity index (χ1n) is 7.27. The van der Waals surface area contributed by atoms with Gasteiger partial charge in [-0.05, 0) is 28.6 Å². The van der Waals surface area contributed by atoms with Crippen molar-refractivity contribution in [1.82, 2.24) is 15.2 Å². The van der Waals surface area contributed by atoms with Gasteiger partial charge < -0.3 is 10.1 Å². The number of anilines is 1. The smallest absolute Gasteiger partial charge is 0.247 e. The van der Waals surface area contributed by atoms with Gasteiger partial charge in [0.1, 0.15) is 0 Å². The minimum absolute atomic E-state index is 0.292. The van der Waals surface area contributed by atoms with Gasteiger partial charge in [-0.15, -0.1) is 10.2 Å². The maximum absolute atomic E-state index is 6.14. The highest BCUT2D eigenvalue weighted by atomic mass is 32.2. The SMILES string of the molecule is CCSc1nnc2c(n1)O[C@@H](c1ccsc1)Nc1ccccc1-2. The average Bonchev–Trinajstić information content (AvgIpc) is 3.05. The van der Waals surface area contributed by atoms with E-state index < -0.39 is 0 Å². The van der Waals surface area contributed by atoms with Gasteiger partial charge in [-0.1, -0.05) is 36.9 Å². The van der Waals surface area contributed by atoms with Gasteiger partial charge in [-0.25, -0.2) is 0 Å². The molecule has 0 spiro atoms. The summed E-state index contributed by atoms with van der Waals surface area (Å²) in [6.45, 7) is 2.06. The van der Waals surface area contributed by atoms with Gasteiger partial charge in [0.2, 0.25) is 11.0 Å². The maximum atomic E-state index is 6.14. The highest BCUT2D eigenvalue weighted by molar-refractivity contribution is 7.99. The molecule has 0 saturated carbocycles. The molecule has 23 heavy (non-hydrogen) atoms. The lowest BCUT2D eigenvalue weighted by molar-refractivity contribution is 0.225. The molecule has 1 aliphatic rings. The second kappa shape index (κ2) is 6.17. The van der Waals surface area contributed by atoms with Crippen molar-refractivity contribution in [2.75, 3.05) is 11.1 Å². The number of para-hydroxylation sites is 1. The molecule has 0 fully saturated rings. The number of nitrogens with one attached hydrogen (secondary N) is 1. The first kappa shape index (κ1) is 14.5. The molecule has 3 aromatic rings. The van der Waals surface area contributed by atoms with Crippen molar-refractivity contribution in [3.8, 4) is 17.1 Å². The van der Waals surface area contributed by atoms with Gasteiger partial charge in [0.05, 0.1) is 0 Å². The molecule has 116 valence electrons. The Morgan fingerprint density at radius 1 is 1.26 bits per heavy atom. The molecule has 1 N–H and O–H groups in total. The van der Waals surface area contributed by atoms with E-state index in [0.29, 0.717) is 16.7 Å². The number of nitrogens with zero attached hydrogens (tertiary/aromatic N) is 3. The lowest BCUT2D eigenvalue weighted by atomic mass is 10.1. The predicted molar refractivity (Wildman–Crippen MR) is 93.0 cm³/mol. The Hall–Kier alpha value is -2.12. The van der Waals surface area contributed by atoms with Crippen molar-refractivity contribution in [1.29, 1.82) is 0 Å². The second-order valence-corrected chi connectivity index (χ2v) is 6.94. The van der Waals surface area contributed by atoms with E-state index in [1.165, 1.54) is 0 Å². The highest BCUT2D eigenvalue weighted by Crippen LogP contribution is 2.39. The van der Waals surface area contributed by atoms with Gasteiger partial charge in [0, 0.05) is 16.8 Å². The van der Waals surface area contributed by atoms with E-state index in [9.17, 15) is 0 Å². The molecular formula is C16H14N4OS2. The fraction of sp³-hybridized carbons (Fsp3) is 0.188. The average molecular weight is 342 g/mol. The van der Waals surface area contributed by atoms with Gasteiger partial charge in [-0.3, -0.25) is 0 Å². The van der Waals surface area contributed by atoms with Crippen molar-refractivity contribution >= 4 is 28.8 Å². The number of hydrogen-bond donors (Lipinski definition) is 1. The zero-order chi connectivity index (χ0) is 15.6. The summed E-state index contributed by atoms with van der Waals surface area (Å²) in [7, 11) is 0. The number of hydrogen-bond acceptors (Lipinski definition) is 7. The lowest BCUT2D eigenvalue weighted by Gasteiger charge is -2.17. The van der Waals surface area contributed by atoms with E-state index in [4.69, 9.17) is 4.74 Å². The first-order chi connectivity index (χ1) is 11.3. The van der Waals surface area contributed by atoms with Crippen LogP contribution in [0.4, 0.5) is 5.69 Å². The highest BCUT2D eigenvalue weighted by Gasteiger charge is 2.25. The molecule has 4 rings (SSSR count). The second-order valence-electron chi connectivity index (χ2n) is 4.93. The Bertz CT molecular complexity index is 823. The fourth-order valence-electron chi connectivity index (χ4n) is 2.41. The summed E-state index contributed by atoms with van der Waals surface area (Å²) < 4.78 is 6.14. The van der Waals surface area contributed by atoms with Crippen LogP contribution < -0.4 is 10.1 Å². The Labute approximate surface area is 142 Å². The Morgan fingerprint density at radius 2 is 2.17 bits per heavy atom. The van der Waals surface area contributed by atoms with Crippen LogP contribution in [0.25, 0.3) is 11.3 Å². The summed E-state index contributed by atoms with van der Waals surface area (Å²) in [6.07, 6.45) is -0.292. The number of thiophene rings is 1. The Kier molecular flexibility index (Phi) is 3.88. The van der Waals surface area contributed by atoms with Crippen molar-refractivity contribution in [3.63, 3.8) is 0 Å². The van der Waals surface area contributed by atoms with Crippen molar-refractivity contribution in [2.24, 2.45) is 0 Å². The maximum Gasteiger partial charge on any atom is 0.247 e. The van der Waals surface area contributed by atoms with E-state index in [-0.39, 0.29) is 6.23 Å². The third kappa shape index (κ3) is 2.77. The van der Waals surface area contributed by atoms with Crippen molar-refractivity contribution in [2.45, 2.75) is 18.3 Å². The van der Waals surface area contributed by atoms with Crippen LogP contribution in [0.2, 0.25) is 0 Å². The third-order valence-corrected chi connectivity index (χ3v) is 4.87. The summed E-state index contributed by atoms with van der Waals surface area (Å²) in [5.41, 5.74) is 3.66. The van der Waals surface area contributed by atoms with Crippen LogP contribution in [0.15, 0.2) is 46.2 Å². The number of rotatable bonds is 3. The summed E-state index contributed by atoms with van der Waals surface area (Å²) in [4.78, 5) is 4.55. The molecule has 0 unspecified atom stereocenters. The summed E-state index contributed by atoms with van der Waals surface area (Å²) in [5.74, 6) is 1.41. The molecule has 1 atom stereocenters. The molecule has 2 aromatic heterocycles. The van der Waals surface area contributed by atoms with Crippen molar-refractivity contribution < 1.29 is 4.74 Å². The van der Waals surface area contributed by atoms with E-state index in [2.05, 4.69) is 32.8 Å². The number of aromatic nitrogens is 3. The van der Waals surface area contributed by atoms with Gasteiger partial charge in [-0.2, -0.15) is 16.3 Å². The summed E-state index contributed by atoms with van der Waals surface area (Å²) >= 11 is 3.19. The van der Waals surface area contributed by atoms with E-state index >= 15 is 0 Å². The zero-order valence-corrected chi connectivity index (χ0v) is 14.0. The standard InChI is InChI=1S/C16H14N4OS2/c1-2-23-16-18-15-13(19-20-16)11-5-3-4-6-12(11)17-14(21-15)10-7-8-22-9-10/h3-9,14,17H,2H2,1H3/t14-/m0/s1. The topological polar surface area (TPSA) is 59.9 Å². The van der Waals surface area contributed by atoms with Crippen LogP contribution in [0.1, 0.15) is 18.7 Å². The molecule has 1 aromatic carbocycles. The minimum Gasteiger partial charge on any atom is -0.448 e. The Balaban J connectivity index is 1.84. The van der Waals surface area contributed by atoms with E-state index in [1.807, 2.05) is 35.7 Å². The largest absolute Gasteiger partial charge is 0.448 e. The molecule has 0 amide bonds. The monoisotopic (exact) mass is 342 g/mol. The third-order valence-electron chi connectivity index (χ3n) is 3.45. The Morgan fingerprint density at radius 3 is 3.00 bits per heavy atom. The number of ether oxygens (including phenoxy) is 1. The molecule has 0 aliphatic carbocycles. The van der Waals surface area contributed by atoms with Crippen LogP contribution in [-0.4, -0.2) is 20.9 Å². The molecule has 1 aliphatic heterocycles. The summed E-state index contributed by atoms with van der Waals surface area (Å²) in [6, 6.07) is 10.0. The minimum atomic E-state index is -0.292. The molecular weight excluding hydrogens is 328 g/mol. The normalized spacial score (nSPS) is 15.8. The molecule has 5 nitrogen and oxygen atoms in total. The van der Waals surface area contributed by atoms with Crippen LogP contribution in [0, 0.1) is 0 Å². The lowest BCUT2D eigenvalue weighted by Crippen LogP contribution is -2.16. The quantitative estimate of drug-likeness (QED) is 0.719. The van der Waals surface area contributed by atoms with Crippen LogP contribution in [0.5, 0.6) is 5.88 Å². The number of benzene rings is 1. The van der Waals surface area contributed by atoms with E-state index in [1.54, 1.807) is 23.1 Å². The van der Waals surface area contributed by atoms with Gasteiger partial charge >= 0.3 is 0 Å². The molecule has 0 bridgehead atoms. The number of fused-ring (bicyclic) bond motifs is 3. The molecule has 7 heteroatoms. The predicted octanol–water partition coefficient (Wildman–Crippen LogP) is 4.22. The zero-order valence-electron chi connectivity index (χ0n) is 12.4. The van der Waals surface area contributed by atoms with Crippen LogP contribution in [0.3, 0.4) is 0 Å². The first-order valence-corrected chi connectivity index (χ1v) is 9.20. The molecule has 3 heterocycles. The van der Waals surface area contributed by atoms with Gasteiger partial charge in [0.15, 0.2) is 11.9 Å². The van der Waals surface area contributed by atoms with Crippen LogP contribution in [-0.2, 0) is 0 Å².